The monoisotopic (exact) mass is 278 g/mol. The number of aromatic nitrogens is 1. The van der Waals surface area contributed by atoms with Crippen LogP contribution in [0, 0.1) is 5.92 Å². The zero-order valence-corrected chi connectivity index (χ0v) is 12.4. The number of aryl methyl sites for hydroxylation is 1. The van der Waals surface area contributed by atoms with Gasteiger partial charge in [0.05, 0.1) is 10.6 Å². The van der Waals surface area contributed by atoms with E-state index in [-0.39, 0.29) is 0 Å². The van der Waals surface area contributed by atoms with E-state index < -0.39 is 0 Å². The Morgan fingerprint density at radius 3 is 3.00 bits per heavy atom. The molecule has 2 fully saturated rings. The highest BCUT2D eigenvalue weighted by atomic mass is 32.1. The number of hydrogen-bond acceptors (Lipinski definition) is 4. The fourth-order valence-corrected chi connectivity index (χ4v) is 4.63. The summed E-state index contributed by atoms with van der Waals surface area (Å²) in [6, 6.07) is 0.689. The third-order valence-corrected chi connectivity index (χ3v) is 5.63. The molecule has 3 rings (SSSR count). The van der Waals surface area contributed by atoms with Crippen LogP contribution in [0.25, 0.3) is 0 Å². The maximum Gasteiger partial charge on any atom is 0.186 e. The molecule has 2 aliphatic rings. The predicted molar refractivity (Wildman–Crippen MR) is 79.2 cm³/mol. The zero-order chi connectivity index (χ0) is 13.2. The molecule has 2 unspecified atom stereocenters. The Morgan fingerprint density at radius 1 is 1.37 bits per heavy atom. The first-order valence-corrected chi connectivity index (χ1v) is 8.36. The minimum absolute atomic E-state index is 0.689. The van der Waals surface area contributed by atoms with Crippen molar-refractivity contribution in [3.63, 3.8) is 0 Å². The first-order chi connectivity index (χ1) is 9.33. The summed E-state index contributed by atoms with van der Waals surface area (Å²) in [5.74, 6) is 0.868. The van der Waals surface area contributed by atoms with Gasteiger partial charge in [0, 0.05) is 12.6 Å². The number of nitrogens with zero attached hydrogens (tertiary/aromatic N) is 2. The van der Waals surface area contributed by atoms with Crippen LogP contribution in [-0.2, 0) is 6.42 Å². The molecule has 0 bridgehead atoms. The quantitative estimate of drug-likeness (QED) is 0.788. The molecule has 1 saturated heterocycles. The van der Waals surface area contributed by atoms with Crippen molar-refractivity contribution in [3.05, 3.63) is 10.6 Å². The van der Waals surface area contributed by atoms with Gasteiger partial charge in [0.1, 0.15) is 0 Å². The number of rotatable bonds is 4. The van der Waals surface area contributed by atoms with Crippen LogP contribution >= 0.6 is 11.3 Å². The lowest BCUT2D eigenvalue weighted by molar-refractivity contribution is 0.112. The second-order valence-corrected chi connectivity index (χ2v) is 6.78. The minimum atomic E-state index is 0.689. The molecule has 0 radical (unpaired) electrons. The third kappa shape index (κ3) is 2.42. The molecule has 3 nitrogen and oxygen atoms in total. The number of carbonyl (C=O) groups is 1. The van der Waals surface area contributed by atoms with Crippen LogP contribution in [0.4, 0.5) is 5.13 Å². The largest absolute Gasteiger partial charge is 0.345 e. The second-order valence-electron chi connectivity index (χ2n) is 5.77. The molecule has 2 heterocycles. The Bertz CT molecular complexity index is 457. The lowest BCUT2D eigenvalue weighted by Crippen LogP contribution is -2.34. The van der Waals surface area contributed by atoms with E-state index in [0.717, 1.165) is 47.3 Å². The van der Waals surface area contributed by atoms with Crippen molar-refractivity contribution >= 4 is 22.8 Å². The molecule has 4 heteroatoms. The fourth-order valence-electron chi connectivity index (χ4n) is 3.62. The molecule has 0 spiro atoms. The summed E-state index contributed by atoms with van der Waals surface area (Å²) in [5, 5.41) is 1.10. The SMILES string of the molecule is CCCc1nc(N2CCC3CCCCC32)sc1C=O. The minimum Gasteiger partial charge on any atom is -0.345 e. The highest BCUT2D eigenvalue weighted by Gasteiger charge is 2.37. The van der Waals surface area contributed by atoms with Gasteiger partial charge in [-0.2, -0.15) is 0 Å². The number of carbonyl (C=O) groups excluding carboxylic acids is 1. The highest BCUT2D eigenvalue weighted by molar-refractivity contribution is 7.17. The van der Waals surface area contributed by atoms with Gasteiger partial charge in [0.15, 0.2) is 11.4 Å². The summed E-state index contributed by atoms with van der Waals surface area (Å²) < 4.78 is 0. The number of aldehydes is 1. The molecular weight excluding hydrogens is 256 g/mol. The second kappa shape index (κ2) is 5.61. The van der Waals surface area contributed by atoms with Crippen molar-refractivity contribution < 1.29 is 4.79 Å². The van der Waals surface area contributed by atoms with E-state index in [4.69, 9.17) is 4.98 Å². The van der Waals surface area contributed by atoms with Crippen LogP contribution in [0.1, 0.15) is 60.8 Å². The summed E-state index contributed by atoms with van der Waals surface area (Å²) in [6.07, 6.45) is 9.71. The van der Waals surface area contributed by atoms with Crippen LogP contribution in [0.5, 0.6) is 0 Å². The van der Waals surface area contributed by atoms with Gasteiger partial charge >= 0.3 is 0 Å². The zero-order valence-electron chi connectivity index (χ0n) is 11.6. The van der Waals surface area contributed by atoms with Crippen LogP contribution in [0.2, 0.25) is 0 Å². The number of anilines is 1. The number of thiazole rings is 1. The molecule has 0 aromatic carbocycles. The van der Waals surface area contributed by atoms with Gasteiger partial charge in [-0.1, -0.05) is 37.5 Å². The van der Waals surface area contributed by atoms with Gasteiger partial charge < -0.3 is 4.90 Å². The molecule has 104 valence electrons. The number of hydrogen-bond donors (Lipinski definition) is 0. The Labute approximate surface area is 119 Å². The maximum atomic E-state index is 11.2. The van der Waals surface area contributed by atoms with Crippen LogP contribution in [-0.4, -0.2) is 23.9 Å². The van der Waals surface area contributed by atoms with Crippen molar-refractivity contribution in [3.8, 4) is 0 Å². The Kier molecular flexibility index (Phi) is 3.87. The summed E-state index contributed by atoms with van der Waals surface area (Å²) in [7, 11) is 0. The molecule has 0 N–H and O–H groups in total. The maximum absolute atomic E-state index is 11.2. The Balaban J connectivity index is 1.83. The fraction of sp³-hybridized carbons (Fsp3) is 0.733. The van der Waals surface area contributed by atoms with Crippen LogP contribution < -0.4 is 4.90 Å². The average Bonchev–Trinajstić information content (AvgIpc) is 3.02. The standard InChI is InChI=1S/C15H22N2OS/c1-2-5-12-14(10-18)19-15(16-12)17-9-8-11-6-3-4-7-13(11)17/h10-11,13H,2-9H2,1H3. The van der Waals surface area contributed by atoms with E-state index in [0.29, 0.717) is 6.04 Å². The molecule has 1 aromatic heterocycles. The predicted octanol–water partition coefficient (Wildman–Crippen LogP) is 3.68. The molecule has 2 atom stereocenters. The first-order valence-electron chi connectivity index (χ1n) is 7.55. The van der Waals surface area contributed by atoms with Crippen molar-refractivity contribution in [1.29, 1.82) is 0 Å². The van der Waals surface area contributed by atoms with Gasteiger partial charge in [0.2, 0.25) is 0 Å². The lowest BCUT2D eigenvalue weighted by atomic mass is 9.85. The Morgan fingerprint density at radius 2 is 2.21 bits per heavy atom. The molecule has 0 amide bonds. The molecule has 19 heavy (non-hydrogen) atoms. The van der Waals surface area contributed by atoms with Crippen LogP contribution in [0.15, 0.2) is 0 Å². The van der Waals surface area contributed by atoms with Crippen molar-refractivity contribution in [2.45, 2.75) is 57.9 Å². The molecule has 1 saturated carbocycles. The molecule has 1 aromatic rings. The van der Waals surface area contributed by atoms with Crippen LogP contribution in [0.3, 0.4) is 0 Å². The van der Waals surface area contributed by atoms with E-state index in [1.165, 1.54) is 32.1 Å². The van der Waals surface area contributed by atoms with E-state index in [9.17, 15) is 4.79 Å². The molecule has 1 aliphatic carbocycles. The van der Waals surface area contributed by atoms with Crippen molar-refractivity contribution in [2.24, 2.45) is 5.92 Å². The first kappa shape index (κ1) is 13.1. The smallest absolute Gasteiger partial charge is 0.186 e. The summed E-state index contributed by atoms with van der Waals surface area (Å²) in [5.41, 5.74) is 1.01. The molecule has 1 aliphatic heterocycles. The third-order valence-electron chi connectivity index (χ3n) is 4.57. The number of fused-ring (bicyclic) bond motifs is 1. The summed E-state index contributed by atoms with van der Waals surface area (Å²) in [4.78, 5) is 19.3. The van der Waals surface area contributed by atoms with E-state index in [1.54, 1.807) is 11.3 Å². The van der Waals surface area contributed by atoms with Gasteiger partial charge in [-0.3, -0.25) is 4.79 Å². The van der Waals surface area contributed by atoms with Gasteiger partial charge in [-0.15, -0.1) is 0 Å². The van der Waals surface area contributed by atoms with E-state index in [1.807, 2.05) is 0 Å². The van der Waals surface area contributed by atoms with Gasteiger partial charge in [-0.25, -0.2) is 4.98 Å². The van der Waals surface area contributed by atoms with Gasteiger partial charge in [0.25, 0.3) is 0 Å². The van der Waals surface area contributed by atoms with Gasteiger partial charge in [-0.05, 0) is 31.6 Å². The highest BCUT2D eigenvalue weighted by Crippen LogP contribution is 2.40. The Hall–Kier alpha value is -0.900. The van der Waals surface area contributed by atoms with E-state index in [2.05, 4.69) is 11.8 Å². The average molecular weight is 278 g/mol. The lowest BCUT2D eigenvalue weighted by Gasteiger charge is -2.31. The summed E-state index contributed by atoms with van der Waals surface area (Å²) in [6.45, 7) is 3.27. The van der Waals surface area contributed by atoms with Crippen molar-refractivity contribution in [2.75, 3.05) is 11.4 Å². The van der Waals surface area contributed by atoms with Crippen molar-refractivity contribution in [1.82, 2.24) is 4.98 Å². The summed E-state index contributed by atoms with van der Waals surface area (Å²) >= 11 is 1.60. The normalized spacial score (nSPS) is 26.5. The topological polar surface area (TPSA) is 33.2 Å². The van der Waals surface area contributed by atoms with E-state index >= 15 is 0 Å². The molecular formula is C15H22N2OS.